The summed E-state index contributed by atoms with van der Waals surface area (Å²) in [7, 11) is 1.39. The summed E-state index contributed by atoms with van der Waals surface area (Å²) in [6.07, 6.45) is 0. The zero-order valence-corrected chi connectivity index (χ0v) is 16.2. The van der Waals surface area contributed by atoms with E-state index in [1.807, 2.05) is 36.4 Å². The molecule has 0 spiro atoms. The second kappa shape index (κ2) is 9.42. The summed E-state index contributed by atoms with van der Waals surface area (Å²) < 4.78 is 15.4. The van der Waals surface area contributed by atoms with Gasteiger partial charge in [-0.3, -0.25) is 9.59 Å². The van der Waals surface area contributed by atoms with E-state index in [2.05, 4.69) is 5.32 Å². The lowest BCUT2D eigenvalue weighted by Gasteiger charge is -2.11. The first-order valence-corrected chi connectivity index (χ1v) is 9.02. The maximum absolute atomic E-state index is 12.3. The number of benzene rings is 3. The maximum atomic E-state index is 12.3. The number of anilines is 1. The average Bonchev–Trinajstić information content (AvgIpc) is 2.76. The van der Waals surface area contributed by atoms with Gasteiger partial charge in [0.1, 0.15) is 0 Å². The van der Waals surface area contributed by atoms with Gasteiger partial charge in [0.05, 0.1) is 12.7 Å². The Morgan fingerprint density at radius 1 is 0.933 bits per heavy atom. The van der Waals surface area contributed by atoms with Crippen LogP contribution in [0.3, 0.4) is 0 Å². The van der Waals surface area contributed by atoms with E-state index < -0.39 is 24.4 Å². The standard InChI is InChI=1S/C22H20N2O6/c1-28-19-11-15(9-10-18(19)29-12-20(23)25)22(27)30-13-21(26)24-17-8-4-6-14-5-2-3-7-16(14)17/h2-11H,12-13H2,1H3,(H2,23,25)(H,24,26). The quantitative estimate of drug-likeness (QED) is 0.553. The SMILES string of the molecule is COc1cc(C(=O)OCC(=O)Nc2cccc3ccccc23)ccc1OCC(N)=O. The average molecular weight is 408 g/mol. The van der Waals surface area contributed by atoms with E-state index in [9.17, 15) is 14.4 Å². The Bertz CT molecular complexity index is 1090. The van der Waals surface area contributed by atoms with Crippen molar-refractivity contribution in [3.8, 4) is 11.5 Å². The molecule has 3 N–H and O–H groups in total. The highest BCUT2D eigenvalue weighted by Gasteiger charge is 2.15. The van der Waals surface area contributed by atoms with Crippen molar-refractivity contribution in [1.82, 2.24) is 0 Å². The summed E-state index contributed by atoms with van der Waals surface area (Å²) >= 11 is 0. The molecule has 2 amide bonds. The molecular weight excluding hydrogens is 388 g/mol. The van der Waals surface area contributed by atoms with Gasteiger partial charge in [-0.2, -0.15) is 0 Å². The van der Waals surface area contributed by atoms with Gasteiger partial charge in [0.15, 0.2) is 24.7 Å². The van der Waals surface area contributed by atoms with Crippen LogP contribution < -0.4 is 20.5 Å². The normalized spacial score (nSPS) is 10.3. The van der Waals surface area contributed by atoms with Crippen LogP contribution in [-0.4, -0.2) is 38.1 Å². The number of carbonyl (C=O) groups excluding carboxylic acids is 3. The van der Waals surface area contributed by atoms with Crippen LogP contribution in [0.5, 0.6) is 11.5 Å². The lowest BCUT2D eigenvalue weighted by atomic mass is 10.1. The summed E-state index contributed by atoms with van der Waals surface area (Å²) in [4.78, 5) is 35.4. The number of rotatable bonds is 8. The smallest absolute Gasteiger partial charge is 0.338 e. The topological polar surface area (TPSA) is 117 Å². The Hall–Kier alpha value is -4.07. The first kappa shape index (κ1) is 20.7. The Morgan fingerprint density at radius 2 is 1.70 bits per heavy atom. The van der Waals surface area contributed by atoms with Crippen molar-refractivity contribution in [1.29, 1.82) is 0 Å². The molecule has 0 aliphatic carbocycles. The fourth-order valence-corrected chi connectivity index (χ4v) is 2.80. The zero-order valence-electron chi connectivity index (χ0n) is 16.2. The summed E-state index contributed by atoms with van der Waals surface area (Å²) in [5.74, 6) is -1.33. The molecule has 0 aliphatic heterocycles. The molecule has 0 fully saturated rings. The molecule has 0 aliphatic rings. The number of esters is 1. The van der Waals surface area contributed by atoms with Gasteiger partial charge in [-0.05, 0) is 29.7 Å². The molecule has 0 aromatic heterocycles. The number of ether oxygens (including phenoxy) is 3. The van der Waals surface area contributed by atoms with Crippen molar-refractivity contribution in [2.45, 2.75) is 0 Å². The Labute approximate surface area is 172 Å². The lowest BCUT2D eigenvalue weighted by molar-refractivity contribution is -0.120. The highest BCUT2D eigenvalue weighted by molar-refractivity contribution is 6.03. The third kappa shape index (κ3) is 5.05. The molecule has 0 saturated heterocycles. The number of methoxy groups -OCH3 is 1. The molecule has 154 valence electrons. The van der Waals surface area contributed by atoms with Crippen LogP contribution in [-0.2, 0) is 14.3 Å². The number of hydrogen-bond acceptors (Lipinski definition) is 6. The summed E-state index contributed by atoms with van der Waals surface area (Å²) in [5, 5.41) is 4.62. The molecule has 0 unspecified atom stereocenters. The molecule has 8 heteroatoms. The predicted molar refractivity (Wildman–Crippen MR) is 111 cm³/mol. The largest absolute Gasteiger partial charge is 0.493 e. The number of nitrogens with one attached hydrogen (secondary N) is 1. The van der Waals surface area contributed by atoms with Crippen LogP contribution in [0.2, 0.25) is 0 Å². The van der Waals surface area contributed by atoms with Crippen molar-refractivity contribution in [2.75, 3.05) is 25.6 Å². The van der Waals surface area contributed by atoms with Crippen LogP contribution in [0, 0.1) is 0 Å². The number of carbonyl (C=O) groups is 3. The molecule has 0 bridgehead atoms. The number of fused-ring (bicyclic) bond motifs is 1. The van der Waals surface area contributed by atoms with Crippen LogP contribution in [0.25, 0.3) is 10.8 Å². The van der Waals surface area contributed by atoms with E-state index >= 15 is 0 Å². The molecule has 0 radical (unpaired) electrons. The van der Waals surface area contributed by atoms with Crippen LogP contribution in [0.1, 0.15) is 10.4 Å². The van der Waals surface area contributed by atoms with E-state index in [4.69, 9.17) is 19.9 Å². The summed E-state index contributed by atoms with van der Waals surface area (Å²) in [6.45, 7) is -0.779. The van der Waals surface area contributed by atoms with E-state index in [1.54, 1.807) is 6.07 Å². The highest BCUT2D eigenvalue weighted by atomic mass is 16.5. The van der Waals surface area contributed by atoms with Gasteiger partial charge in [-0.15, -0.1) is 0 Å². The molecule has 3 aromatic rings. The monoisotopic (exact) mass is 408 g/mol. The van der Waals surface area contributed by atoms with E-state index in [1.165, 1.54) is 25.3 Å². The highest BCUT2D eigenvalue weighted by Crippen LogP contribution is 2.28. The van der Waals surface area contributed by atoms with Crippen molar-refractivity contribution in [2.24, 2.45) is 5.73 Å². The molecule has 0 heterocycles. The minimum atomic E-state index is -0.706. The third-order valence-electron chi connectivity index (χ3n) is 4.17. The van der Waals surface area contributed by atoms with Gasteiger partial charge < -0.3 is 25.3 Å². The number of nitrogens with two attached hydrogens (primary N) is 1. The summed E-state index contributed by atoms with van der Waals surface area (Å²) in [5.41, 5.74) is 5.84. The van der Waals surface area contributed by atoms with Gasteiger partial charge in [0.2, 0.25) is 0 Å². The fraction of sp³-hybridized carbons (Fsp3) is 0.136. The van der Waals surface area contributed by atoms with E-state index in [0.717, 1.165) is 10.8 Å². The zero-order chi connectivity index (χ0) is 21.5. The molecule has 0 atom stereocenters. The van der Waals surface area contributed by atoms with Gasteiger partial charge in [0.25, 0.3) is 11.8 Å². The second-order valence-electron chi connectivity index (χ2n) is 6.27. The van der Waals surface area contributed by atoms with Crippen molar-refractivity contribution >= 4 is 34.2 Å². The van der Waals surface area contributed by atoms with Crippen molar-refractivity contribution < 1.29 is 28.6 Å². The molecule has 8 nitrogen and oxygen atoms in total. The Morgan fingerprint density at radius 3 is 2.47 bits per heavy atom. The third-order valence-corrected chi connectivity index (χ3v) is 4.17. The van der Waals surface area contributed by atoms with Crippen LogP contribution in [0.15, 0.2) is 60.7 Å². The molecule has 3 rings (SSSR count). The summed E-state index contributed by atoms with van der Waals surface area (Å²) in [6, 6.07) is 17.4. The van der Waals surface area contributed by atoms with Gasteiger partial charge in [0, 0.05) is 11.1 Å². The lowest BCUT2D eigenvalue weighted by Crippen LogP contribution is -2.21. The first-order chi connectivity index (χ1) is 14.5. The first-order valence-electron chi connectivity index (χ1n) is 9.02. The number of primary amides is 1. The van der Waals surface area contributed by atoms with Gasteiger partial charge in [-0.25, -0.2) is 4.79 Å². The van der Waals surface area contributed by atoms with Crippen molar-refractivity contribution in [3.05, 3.63) is 66.2 Å². The number of hydrogen-bond donors (Lipinski definition) is 2. The molecule has 30 heavy (non-hydrogen) atoms. The van der Waals surface area contributed by atoms with Gasteiger partial charge in [-0.1, -0.05) is 36.4 Å². The Balaban J connectivity index is 1.62. The van der Waals surface area contributed by atoms with Gasteiger partial charge >= 0.3 is 5.97 Å². The van der Waals surface area contributed by atoms with Crippen LogP contribution in [0.4, 0.5) is 5.69 Å². The maximum Gasteiger partial charge on any atom is 0.338 e. The minimum Gasteiger partial charge on any atom is -0.493 e. The predicted octanol–water partition coefficient (Wildman–Crippen LogP) is 2.51. The molecular formula is C22H20N2O6. The molecule has 0 saturated carbocycles. The van der Waals surface area contributed by atoms with Crippen LogP contribution >= 0.6 is 0 Å². The van der Waals surface area contributed by atoms with E-state index in [-0.39, 0.29) is 23.7 Å². The second-order valence-corrected chi connectivity index (χ2v) is 6.27. The minimum absolute atomic E-state index is 0.163. The van der Waals surface area contributed by atoms with Crippen molar-refractivity contribution in [3.63, 3.8) is 0 Å². The Kier molecular flexibility index (Phi) is 6.49. The fourth-order valence-electron chi connectivity index (χ4n) is 2.80. The number of amides is 2. The molecule has 3 aromatic carbocycles. The van der Waals surface area contributed by atoms with E-state index in [0.29, 0.717) is 5.69 Å².